The second-order valence-corrected chi connectivity index (χ2v) is 9.28. The predicted octanol–water partition coefficient (Wildman–Crippen LogP) is 9.03. The second-order valence-electron chi connectivity index (χ2n) is 9.28. The molecule has 0 aliphatic carbocycles. The van der Waals surface area contributed by atoms with Crippen LogP contribution < -0.4 is 11.1 Å². The molecule has 0 heterocycles. The maximum atomic E-state index is 11.9. The van der Waals surface area contributed by atoms with Gasteiger partial charge < -0.3 is 11.1 Å². The number of amides is 1. The summed E-state index contributed by atoms with van der Waals surface area (Å²) in [6.07, 6.45) is 26.7. The Morgan fingerprint density at radius 3 is 1.35 bits per heavy atom. The number of carbonyl (C=O) groups is 1. The summed E-state index contributed by atoms with van der Waals surface area (Å²) in [5.41, 5.74) is 7.21. The van der Waals surface area contributed by atoms with Crippen molar-refractivity contribution in [3.05, 3.63) is 24.3 Å². The minimum absolute atomic E-state index is 0.108. The predicted molar refractivity (Wildman–Crippen MR) is 137 cm³/mol. The van der Waals surface area contributed by atoms with Gasteiger partial charge in [-0.1, -0.05) is 122 Å². The van der Waals surface area contributed by atoms with Crippen LogP contribution in [-0.4, -0.2) is 5.91 Å². The highest BCUT2D eigenvalue weighted by atomic mass is 16.1. The molecule has 0 atom stereocenters. The average molecular weight is 431 g/mol. The summed E-state index contributed by atoms with van der Waals surface area (Å²) >= 11 is 0. The summed E-state index contributed by atoms with van der Waals surface area (Å²) < 4.78 is 0. The molecule has 0 radical (unpaired) electrons. The van der Waals surface area contributed by atoms with E-state index in [1.807, 2.05) is 24.3 Å². The third-order valence-electron chi connectivity index (χ3n) is 6.20. The molecule has 0 fully saturated rings. The topological polar surface area (TPSA) is 55.1 Å². The van der Waals surface area contributed by atoms with Crippen LogP contribution in [0.5, 0.6) is 0 Å². The minimum atomic E-state index is 0.108. The van der Waals surface area contributed by atoms with E-state index in [0.29, 0.717) is 6.42 Å². The molecular formula is C28H50N2O. The van der Waals surface area contributed by atoms with Crippen molar-refractivity contribution in [3.8, 4) is 0 Å². The number of hydrogen-bond acceptors (Lipinski definition) is 2. The van der Waals surface area contributed by atoms with Crippen LogP contribution in [0.3, 0.4) is 0 Å². The highest BCUT2D eigenvalue weighted by molar-refractivity contribution is 5.90. The number of nitrogens with one attached hydrogen (secondary N) is 1. The maximum absolute atomic E-state index is 11.9. The van der Waals surface area contributed by atoms with E-state index in [1.165, 1.54) is 109 Å². The van der Waals surface area contributed by atoms with Crippen molar-refractivity contribution in [2.75, 3.05) is 11.1 Å². The van der Waals surface area contributed by atoms with Crippen molar-refractivity contribution in [2.24, 2.45) is 0 Å². The van der Waals surface area contributed by atoms with Gasteiger partial charge >= 0.3 is 0 Å². The molecule has 1 rings (SSSR count). The van der Waals surface area contributed by atoms with Crippen LogP contribution in [0.1, 0.15) is 135 Å². The Labute approximate surface area is 193 Å². The Kier molecular flexibility index (Phi) is 18.1. The highest BCUT2D eigenvalue weighted by Crippen LogP contribution is 2.15. The van der Waals surface area contributed by atoms with Gasteiger partial charge in [0.2, 0.25) is 5.91 Å². The second kappa shape index (κ2) is 20.4. The molecular weight excluding hydrogens is 380 g/mol. The zero-order chi connectivity index (χ0) is 22.4. The first-order chi connectivity index (χ1) is 15.2. The van der Waals surface area contributed by atoms with E-state index in [2.05, 4.69) is 12.2 Å². The SMILES string of the molecule is CCCCCCCCCCCCCCCCCCCCCC(=O)Nc1ccc(N)cc1. The van der Waals surface area contributed by atoms with Gasteiger partial charge in [0.1, 0.15) is 0 Å². The Bertz CT molecular complexity index is 526. The molecule has 178 valence electrons. The average Bonchev–Trinajstić information content (AvgIpc) is 2.77. The number of anilines is 2. The van der Waals surface area contributed by atoms with Crippen molar-refractivity contribution in [2.45, 2.75) is 135 Å². The quantitative estimate of drug-likeness (QED) is 0.151. The molecule has 1 aromatic carbocycles. The van der Waals surface area contributed by atoms with E-state index in [4.69, 9.17) is 5.73 Å². The van der Waals surface area contributed by atoms with Gasteiger partial charge in [0, 0.05) is 17.8 Å². The van der Waals surface area contributed by atoms with Crippen molar-refractivity contribution < 1.29 is 4.79 Å². The van der Waals surface area contributed by atoms with Gasteiger partial charge in [-0.25, -0.2) is 0 Å². The lowest BCUT2D eigenvalue weighted by Gasteiger charge is -2.06. The smallest absolute Gasteiger partial charge is 0.224 e. The third kappa shape index (κ3) is 17.8. The van der Waals surface area contributed by atoms with Crippen LogP contribution in [0.25, 0.3) is 0 Å². The monoisotopic (exact) mass is 430 g/mol. The number of benzene rings is 1. The lowest BCUT2D eigenvalue weighted by molar-refractivity contribution is -0.116. The molecule has 1 aromatic rings. The molecule has 31 heavy (non-hydrogen) atoms. The van der Waals surface area contributed by atoms with Gasteiger partial charge in [0.25, 0.3) is 0 Å². The molecule has 0 saturated carbocycles. The lowest BCUT2D eigenvalue weighted by Crippen LogP contribution is -2.10. The van der Waals surface area contributed by atoms with E-state index in [0.717, 1.165) is 24.2 Å². The van der Waals surface area contributed by atoms with Crippen LogP contribution in [0.15, 0.2) is 24.3 Å². The summed E-state index contributed by atoms with van der Waals surface area (Å²) in [5.74, 6) is 0.108. The zero-order valence-electron chi connectivity index (χ0n) is 20.4. The van der Waals surface area contributed by atoms with Crippen LogP contribution >= 0.6 is 0 Å². The van der Waals surface area contributed by atoms with Gasteiger partial charge in [-0.2, -0.15) is 0 Å². The molecule has 0 bridgehead atoms. The van der Waals surface area contributed by atoms with Crippen molar-refractivity contribution in [1.29, 1.82) is 0 Å². The lowest BCUT2D eigenvalue weighted by atomic mass is 10.0. The van der Waals surface area contributed by atoms with E-state index < -0.39 is 0 Å². The van der Waals surface area contributed by atoms with Crippen LogP contribution in [0, 0.1) is 0 Å². The van der Waals surface area contributed by atoms with E-state index in [9.17, 15) is 4.79 Å². The molecule has 0 spiro atoms. The minimum Gasteiger partial charge on any atom is -0.399 e. The van der Waals surface area contributed by atoms with Gasteiger partial charge in [0.05, 0.1) is 0 Å². The first-order valence-corrected chi connectivity index (χ1v) is 13.4. The summed E-state index contributed by atoms with van der Waals surface area (Å²) in [6, 6.07) is 7.33. The summed E-state index contributed by atoms with van der Waals surface area (Å²) in [7, 11) is 0. The Morgan fingerprint density at radius 2 is 0.968 bits per heavy atom. The summed E-state index contributed by atoms with van der Waals surface area (Å²) in [4.78, 5) is 11.9. The fourth-order valence-corrected chi connectivity index (χ4v) is 4.15. The summed E-state index contributed by atoms with van der Waals surface area (Å²) in [5, 5.41) is 2.93. The molecule has 3 N–H and O–H groups in total. The van der Waals surface area contributed by atoms with Crippen molar-refractivity contribution in [3.63, 3.8) is 0 Å². The molecule has 0 aliphatic rings. The van der Waals surface area contributed by atoms with E-state index >= 15 is 0 Å². The molecule has 0 aliphatic heterocycles. The number of carbonyl (C=O) groups excluding carboxylic acids is 1. The number of nitrogen functional groups attached to an aromatic ring is 1. The Hall–Kier alpha value is -1.51. The van der Waals surface area contributed by atoms with Gasteiger partial charge in [0.15, 0.2) is 0 Å². The van der Waals surface area contributed by atoms with E-state index in [-0.39, 0.29) is 5.91 Å². The zero-order valence-corrected chi connectivity index (χ0v) is 20.4. The molecule has 0 unspecified atom stereocenters. The number of nitrogens with two attached hydrogens (primary N) is 1. The van der Waals surface area contributed by atoms with Gasteiger partial charge in [-0.3, -0.25) is 4.79 Å². The number of rotatable bonds is 21. The van der Waals surface area contributed by atoms with Crippen molar-refractivity contribution in [1.82, 2.24) is 0 Å². The number of hydrogen-bond donors (Lipinski definition) is 2. The standard InChI is InChI=1S/C28H50N2O/c1-2-3-4-5-6-7-8-9-10-11-12-13-14-15-16-17-18-19-20-21-28(31)30-27-24-22-26(29)23-25-27/h22-25H,2-21,29H2,1H3,(H,30,31). The van der Waals surface area contributed by atoms with Crippen molar-refractivity contribution >= 4 is 17.3 Å². The molecule has 0 saturated heterocycles. The summed E-state index contributed by atoms with van der Waals surface area (Å²) in [6.45, 7) is 2.29. The fourth-order valence-electron chi connectivity index (χ4n) is 4.15. The normalized spacial score (nSPS) is 11.0. The van der Waals surface area contributed by atoms with E-state index in [1.54, 1.807) is 0 Å². The fraction of sp³-hybridized carbons (Fsp3) is 0.750. The van der Waals surface area contributed by atoms with Crippen LogP contribution in [0.2, 0.25) is 0 Å². The van der Waals surface area contributed by atoms with Crippen LogP contribution in [0.4, 0.5) is 11.4 Å². The largest absolute Gasteiger partial charge is 0.399 e. The first-order valence-electron chi connectivity index (χ1n) is 13.4. The Morgan fingerprint density at radius 1 is 0.613 bits per heavy atom. The van der Waals surface area contributed by atoms with Gasteiger partial charge in [-0.15, -0.1) is 0 Å². The van der Waals surface area contributed by atoms with Crippen LogP contribution in [-0.2, 0) is 4.79 Å². The molecule has 3 nitrogen and oxygen atoms in total. The molecule has 3 heteroatoms. The van der Waals surface area contributed by atoms with Gasteiger partial charge in [-0.05, 0) is 30.7 Å². The third-order valence-corrected chi connectivity index (χ3v) is 6.20. The number of unbranched alkanes of at least 4 members (excludes halogenated alkanes) is 18. The first kappa shape index (κ1) is 27.5. The molecule has 0 aromatic heterocycles. The Balaban J connectivity index is 1.75. The molecule has 1 amide bonds. The highest BCUT2D eigenvalue weighted by Gasteiger charge is 2.02. The maximum Gasteiger partial charge on any atom is 0.224 e.